The highest BCUT2D eigenvalue weighted by Gasteiger charge is 2.43. The van der Waals surface area contributed by atoms with Gasteiger partial charge in [-0.25, -0.2) is 13.2 Å². The van der Waals surface area contributed by atoms with Gasteiger partial charge in [0.25, 0.3) is 0 Å². The largest absolute Gasteiger partial charge is 0.450 e. The molecule has 1 heterocycles. The van der Waals surface area contributed by atoms with Crippen LogP contribution in [0.3, 0.4) is 0 Å². The Balaban J connectivity index is 2.26. The van der Waals surface area contributed by atoms with Gasteiger partial charge in [0.05, 0.1) is 5.69 Å². The van der Waals surface area contributed by atoms with Crippen LogP contribution in [-0.4, -0.2) is 0 Å². The standard InChI is InChI=1S/C13H5F6NO/c14-8-7(13(17,18)19)9(15)12-11(10(8)16)20-5-3-1-2-4-6(5)21-12/h1-4,20H. The molecule has 0 aromatic heterocycles. The maximum Gasteiger partial charge on any atom is 0.422 e. The zero-order chi connectivity index (χ0) is 15.4. The molecule has 21 heavy (non-hydrogen) atoms. The lowest BCUT2D eigenvalue weighted by Gasteiger charge is -2.24. The fraction of sp³-hybridized carbons (Fsp3) is 0.0769. The van der Waals surface area contributed by atoms with Crippen LogP contribution in [0.4, 0.5) is 37.7 Å². The third kappa shape index (κ3) is 1.98. The molecule has 110 valence electrons. The quantitative estimate of drug-likeness (QED) is 0.467. The van der Waals surface area contributed by atoms with E-state index in [2.05, 4.69) is 5.32 Å². The number of alkyl halides is 3. The molecule has 0 saturated heterocycles. The minimum absolute atomic E-state index is 0.00281. The van der Waals surface area contributed by atoms with Crippen molar-refractivity contribution in [1.82, 2.24) is 0 Å². The minimum atomic E-state index is -5.38. The van der Waals surface area contributed by atoms with Crippen molar-refractivity contribution in [2.45, 2.75) is 6.18 Å². The Morgan fingerprint density at radius 3 is 2.24 bits per heavy atom. The molecule has 2 nitrogen and oxygen atoms in total. The molecule has 0 radical (unpaired) electrons. The van der Waals surface area contributed by atoms with Crippen molar-refractivity contribution in [2.24, 2.45) is 0 Å². The van der Waals surface area contributed by atoms with Gasteiger partial charge in [0.1, 0.15) is 11.3 Å². The third-order valence-corrected chi connectivity index (χ3v) is 2.92. The average molecular weight is 305 g/mol. The number of anilines is 2. The summed E-state index contributed by atoms with van der Waals surface area (Å²) >= 11 is 0. The summed E-state index contributed by atoms with van der Waals surface area (Å²) in [5.41, 5.74) is -2.95. The molecule has 3 rings (SSSR count). The number of fused-ring (bicyclic) bond motifs is 2. The fourth-order valence-corrected chi connectivity index (χ4v) is 2.00. The van der Waals surface area contributed by atoms with Gasteiger partial charge in [-0.3, -0.25) is 0 Å². The molecule has 1 aliphatic heterocycles. The summed E-state index contributed by atoms with van der Waals surface area (Å²) in [5.74, 6) is -7.19. The van der Waals surface area contributed by atoms with E-state index < -0.39 is 40.6 Å². The number of hydrogen-bond acceptors (Lipinski definition) is 2. The first-order valence-electron chi connectivity index (χ1n) is 5.62. The number of ether oxygens (including phenoxy) is 1. The second-order valence-corrected chi connectivity index (χ2v) is 4.24. The summed E-state index contributed by atoms with van der Waals surface area (Å²) in [6.45, 7) is 0. The van der Waals surface area contributed by atoms with Gasteiger partial charge >= 0.3 is 6.18 Å². The maximum atomic E-state index is 13.9. The molecule has 0 amide bonds. The molecule has 0 atom stereocenters. The van der Waals surface area contributed by atoms with Gasteiger partial charge in [0.15, 0.2) is 29.0 Å². The first kappa shape index (κ1) is 13.6. The molecule has 0 aliphatic carbocycles. The van der Waals surface area contributed by atoms with E-state index in [9.17, 15) is 26.3 Å². The molecule has 0 unspecified atom stereocenters. The topological polar surface area (TPSA) is 21.3 Å². The number of halogens is 6. The molecule has 0 saturated carbocycles. The van der Waals surface area contributed by atoms with Crippen molar-refractivity contribution in [1.29, 1.82) is 0 Å². The first-order chi connectivity index (χ1) is 9.80. The van der Waals surface area contributed by atoms with E-state index in [1.807, 2.05) is 0 Å². The van der Waals surface area contributed by atoms with E-state index in [1.165, 1.54) is 24.3 Å². The van der Waals surface area contributed by atoms with Gasteiger partial charge in [0, 0.05) is 0 Å². The number of nitrogens with one attached hydrogen (secondary N) is 1. The van der Waals surface area contributed by atoms with E-state index in [1.54, 1.807) is 0 Å². The van der Waals surface area contributed by atoms with Gasteiger partial charge in [-0.15, -0.1) is 0 Å². The van der Waals surface area contributed by atoms with E-state index in [0.717, 1.165) is 0 Å². The smallest absolute Gasteiger partial charge is 0.422 e. The van der Waals surface area contributed by atoms with E-state index in [0.29, 0.717) is 0 Å². The van der Waals surface area contributed by atoms with E-state index in [-0.39, 0.29) is 11.4 Å². The predicted octanol–water partition coefficient (Wildman–Crippen LogP) is 4.97. The molecular formula is C13H5F6NO. The molecule has 1 aliphatic rings. The average Bonchev–Trinajstić information content (AvgIpc) is 2.42. The van der Waals surface area contributed by atoms with Gasteiger partial charge in [-0.05, 0) is 12.1 Å². The van der Waals surface area contributed by atoms with Crippen LogP contribution >= 0.6 is 0 Å². The Labute approximate surface area is 114 Å². The lowest BCUT2D eigenvalue weighted by atomic mass is 10.1. The van der Waals surface area contributed by atoms with Crippen LogP contribution in [0.25, 0.3) is 0 Å². The minimum Gasteiger partial charge on any atom is -0.450 e. The van der Waals surface area contributed by atoms with Crippen molar-refractivity contribution in [3.63, 3.8) is 0 Å². The van der Waals surface area contributed by atoms with Crippen LogP contribution in [0.1, 0.15) is 5.56 Å². The van der Waals surface area contributed by atoms with Gasteiger partial charge in [-0.2, -0.15) is 13.2 Å². The zero-order valence-corrected chi connectivity index (χ0v) is 9.99. The molecule has 0 fully saturated rings. The highest BCUT2D eigenvalue weighted by molar-refractivity contribution is 5.76. The molecule has 0 spiro atoms. The van der Waals surface area contributed by atoms with Crippen molar-refractivity contribution in [3.05, 3.63) is 47.3 Å². The molecule has 8 heteroatoms. The second kappa shape index (κ2) is 4.31. The summed E-state index contributed by atoms with van der Waals surface area (Å²) in [5, 5.41) is 2.32. The Hall–Kier alpha value is -2.38. The summed E-state index contributed by atoms with van der Waals surface area (Å²) < 4.78 is 84.0. The molecule has 1 N–H and O–H groups in total. The van der Waals surface area contributed by atoms with Gasteiger partial charge < -0.3 is 10.1 Å². The normalized spacial score (nSPS) is 13.0. The predicted molar refractivity (Wildman–Crippen MR) is 61.1 cm³/mol. The fourth-order valence-electron chi connectivity index (χ4n) is 2.00. The highest BCUT2D eigenvalue weighted by Crippen LogP contribution is 2.49. The number of para-hydroxylation sites is 2. The SMILES string of the molecule is Fc1c(F)c(C(F)(F)F)c(F)c2c1Nc1ccccc1O2. The van der Waals surface area contributed by atoms with Crippen LogP contribution in [-0.2, 0) is 6.18 Å². The molecule has 2 aromatic carbocycles. The van der Waals surface area contributed by atoms with E-state index in [4.69, 9.17) is 4.74 Å². The molecular weight excluding hydrogens is 300 g/mol. The Kier molecular flexibility index (Phi) is 2.79. The Morgan fingerprint density at radius 1 is 0.905 bits per heavy atom. The lowest BCUT2D eigenvalue weighted by Crippen LogP contribution is -2.17. The van der Waals surface area contributed by atoms with Gasteiger partial charge in [0.2, 0.25) is 0 Å². The van der Waals surface area contributed by atoms with Crippen LogP contribution in [0, 0.1) is 17.5 Å². The van der Waals surface area contributed by atoms with E-state index >= 15 is 0 Å². The first-order valence-corrected chi connectivity index (χ1v) is 5.62. The number of rotatable bonds is 0. The van der Waals surface area contributed by atoms with Crippen molar-refractivity contribution < 1.29 is 31.1 Å². The highest BCUT2D eigenvalue weighted by atomic mass is 19.4. The number of benzene rings is 2. The Bertz CT molecular complexity index is 740. The Morgan fingerprint density at radius 2 is 1.57 bits per heavy atom. The van der Waals surface area contributed by atoms with Crippen LogP contribution in [0.5, 0.6) is 11.5 Å². The van der Waals surface area contributed by atoms with Crippen molar-refractivity contribution in [3.8, 4) is 11.5 Å². The van der Waals surface area contributed by atoms with Crippen LogP contribution in [0.2, 0.25) is 0 Å². The second-order valence-electron chi connectivity index (χ2n) is 4.24. The van der Waals surface area contributed by atoms with Crippen molar-refractivity contribution in [2.75, 3.05) is 5.32 Å². The maximum absolute atomic E-state index is 13.9. The van der Waals surface area contributed by atoms with Crippen LogP contribution < -0.4 is 10.1 Å². The summed E-state index contributed by atoms with van der Waals surface area (Å²) in [6, 6.07) is 5.80. The molecule has 0 bridgehead atoms. The summed E-state index contributed by atoms with van der Waals surface area (Å²) in [7, 11) is 0. The van der Waals surface area contributed by atoms with Gasteiger partial charge in [-0.1, -0.05) is 12.1 Å². The summed E-state index contributed by atoms with van der Waals surface area (Å²) in [6.07, 6.45) is -5.38. The van der Waals surface area contributed by atoms with Crippen molar-refractivity contribution >= 4 is 11.4 Å². The monoisotopic (exact) mass is 305 g/mol. The number of hydrogen-bond donors (Lipinski definition) is 1. The van der Waals surface area contributed by atoms with Crippen LogP contribution in [0.15, 0.2) is 24.3 Å². The summed E-state index contributed by atoms with van der Waals surface area (Å²) in [4.78, 5) is 0. The third-order valence-electron chi connectivity index (χ3n) is 2.92. The lowest BCUT2D eigenvalue weighted by molar-refractivity contribution is -0.142. The zero-order valence-electron chi connectivity index (χ0n) is 9.99. The molecule has 2 aromatic rings.